The molecule has 1 aliphatic heterocycles. The van der Waals surface area contributed by atoms with E-state index in [0.717, 1.165) is 12.8 Å². The smallest absolute Gasteiger partial charge is 0.245 e. The molecule has 0 spiro atoms. The van der Waals surface area contributed by atoms with E-state index in [1.807, 2.05) is 11.8 Å². The molecule has 102 valence electrons. The molecular weight excluding hydrogens is 228 g/mol. The number of hydrogen-bond donors (Lipinski definition) is 1. The summed E-state index contributed by atoms with van der Waals surface area (Å²) in [6.45, 7) is 4.39. The minimum absolute atomic E-state index is 0.00195. The number of amides is 2. The summed E-state index contributed by atoms with van der Waals surface area (Å²) < 4.78 is 0. The third-order valence-electron chi connectivity index (χ3n) is 4.38. The number of nitrogens with zero attached hydrogens (tertiary/aromatic N) is 1. The molecule has 1 saturated carbocycles. The average molecular weight is 252 g/mol. The lowest BCUT2D eigenvalue weighted by Crippen LogP contribution is -2.61. The Hall–Kier alpha value is -1.06. The number of rotatable bonds is 4. The van der Waals surface area contributed by atoms with E-state index in [9.17, 15) is 9.59 Å². The van der Waals surface area contributed by atoms with Gasteiger partial charge < -0.3 is 10.2 Å². The van der Waals surface area contributed by atoms with Gasteiger partial charge in [-0.2, -0.15) is 0 Å². The Bertz CT molecular complexity index is 324. The zero-order valence-corrected chi connectivity index (χ0v) is 11.4. The summed E-state index contributed by atoms with van der Waals surface area (Å²) in [4.78, 5) is 25.9. The van der Waals surface area contributed by atoms with Crippen molar-refractivity contribution in [2.75, 3.05) is 6.54 Å². The molecule has 1 saturated heterocycles. The first-order valence-electron chi connectivity index (χ1n) is 7.23. The Morgan fingerprint density at radius 3 is 2.61 bits per heavy atom. The second-order valence-corrected chi connectivity index (χ2v) is 5.66. The van der Waals surface area contributed by atoms with E-state index in [-0.39, 0.29) is 30.4 Å². The second kappa shape index (κ2) is 5.72. The molecular formula is C14H24N2O2. The lowest BCUT2D eigenvalue weighted by atomic mass is 9.96. The van der Waals surface area contributed by atoms with Crippen molar-refractivity contribution in [2.45, 2.75) is 64.5 Å². The van der Waals surface area contributed by atoms with Crippen LogP contribution in [0.2, 0.25) is 0 Å². The summed E-state index contributed by atoms with van der Waals surface area (Å²) in [7, 11) is 0. The number of nitrogens with one attached hydrogen (secondary N) is 1. The van der Waals surface area contributed by atoms with Gasteiger partial charge in [0.05, 0.1) is 6.54 Å². The second-order valence-electron chi connectivity index (χ2n) is 5.66. The molecule has 0 aromatic carbocycles. The predicted octanol–water partition coefficient (Wildman–Crippen LogP) is 1.69. The maximum atomic E-state index is 12.4. The Labute approximate surface area is 109 Å². The third-order valence-corrected chi connectivity index (χ3v) is 4.38. The highest BCUT2D eigenvalue weighted by Crippen LogP contribution is 2.31. The molecule has 2 amide bonds. The van der Waals surface area contributed by atoms with E-state index in [4.69, 9.17) is 0 Å². The van der Waals surface area contributed by atoms with Crippen molar-refractivity contribution in [3.8, 4) is 0 Å². The van der Waals surface area contributed by atoms with E-state index < -0.39 is 0 Å². The van der Waals surface area contributed by atoms with Gasteiger partial charge in [-0.05, 0) is 32.1 Å². The number of hydrogen-bond acceptors (Lipinski definition) is 2. The Balaban J connectivity index is 2.05. The fraction of sp³-hybridized carbons (Fsp3) is 0.857. The Morgan fingerprint density at radius 1 is 1.33 bits per heavy atom. The van der Waals surface area contributed by atoms with Gasteiger partial charge in [0, 0.05) is 6.04 Å². The average Bonchev–Trinajstić information content (AvgIpc) is 2.86. The molecule has 4 heteroatoms. The van der Waals surface area contributed by atoms with Gasteiger partial charge in [-0.15, -0.1) is 0 Å². The van der Waals surface area contributed by atoms with Gasteiger partial charge in [0.25, 0.3) is 0 Å². The van der Waals surface area contributed by atoms with Crippen molar-refractivity contribution in [3.05, 3.63) is 0 Å². The molecule has 2 aliphatic rings. The first kappa shape index (κ1) is 13.4. The van der Waals surface area contributed by atoms with Gasteiger partial charge in [-0.25, -0.2) is 0 Å². The summed E-state index contributed by atoms with van der Waals surface area (Å²) in [5.41, 5.74) is 0. The van der Waals surface area contributed by atoms with Crippen molar-refractivity contribution >= 4 is 11.8 Å². The van der Waals surface area contributed by atoms with Gasteiger partial charge in [0.15, 0.2) is 0 Å². The first-order chi connectivity index (χ1) is 8.63. The minimum atomic E-state index is -0.292. The van der Waals surface area contributed by atoms with Gasteiger partial charge in [-0.1, -0.05) is 26.2 Å². The van der Waals surface area contributed by atoms with Crippen molar-refractivity contribution in [2.24, 2.45) is 5.92 Å². The largest absolute Gasteiger partial charge is 0.343 e. The molecule has 1 N–H and O–H groups in total. The fourth-order valence-electron chi connectivity index (χ4n) is 3.26. The normalized spacial score (nSPS) is 27.4. The van der Waals surface area contributed by atoms with Crippen LogP contribution in [0.15, 0.2) is 0 Å². The molecule has 2 atom stereocenters. The van der Waals surface area contributed by atoms with Crippen LogP contribution in [-0.4, -0.2) is 35.3 Å². The molecule has 2 unspecified atom stereocenters. The molecule has 0 aromatic rings. The van der Waals surface area contributed by atoms with Crippen LogP contribution in [0.3, 0.4) is 0 Å². The summed E-state index contributed by atoms with van der Waals surface area (Å²) in [5, 5.41) is 2.81. The molecule has 4 nitrogen and oxygen atoms in total. The zero-order valence-electron chi connectivity index (χ0n) is 11.4. The van der Waals surface area contributed by atoms with E-state index in [0.29, 0.717) is 5.92 Å². The van der Waals surface area contributed by atoms with Gasteiger partial charge >= 0.3 is 0 Å². The van der Waals surface area contributed by atoms with Crippen LogP contribution in [0.4, 0.5) is 0 Å². The standard InChI is InChI=1S/C14H24N2O2/c1-3-6-12-14(18)16(9-13(17)15-12)10(2)11-7-4-5-8-11/h10-12H,3-9H2,1-2H3,(H,15,17). The quantitative estimate of drug-likeness (QED) is 0.827. The molecule has 0 aromatic heterocycles. The first-order valence-corrected chi connectivity index (χ1v) is 7.23. The SMILES string of the molecule is CCCC1NC(=O)CN(C(C)C2CCCC2)C1=O. The molecule has 2 rings (SSSR count). The zero-order chi connectivity index (χ0) is 13.1. The van der Waals surface area contributed by atoms with Crippen molar-refractivity contribution in [1.82, 2.24) is 10.2 Å². The van der Waals surface area contributed by atoms with Crippen LogP contribution in [0.25, 0.3) is 0 Å². The lowest BCUT2D eigenvalue weighted by molar-refractivity contribution is -0.147. The molecule has 1 aliphatic carbocycles. The van der Waals surface area contributed by atoms with E-state index in [1.165, 1.54) is 25.7 Å². The van der Waals surface area contributed by atoms with Crippen LogP contribution in [-0.2, 0) is 9.59 Å². The van der Waals surface area contributed by atoms with Crippen molar-refractivity contribution in [3.63, 3.8) is 0 Å². The fourth-order valence-corrected chi connectivity index (χ4v) is 3.26. The molecule has 0 bridgehead atoms. The topological polar surface area (TPSA) is 49.4 Å². The summed E-state index contributed by atoms with van der Waals surface area (Å²) in [6.07, 6.45) is 6.60. The monoisotopic (exact) mass is 252 g/mol. The highest BCUT2D eigenvalue weighted by molar-refractivity contribution is 5.95. The van der Waals surface area contributed by atoms with E-state index >= 15 is 0 Å². The molecule has 1 heterocycles. The van der Waals surface area contributed by atoms with Crippen molar-refractivity contribution in [1.29, 1.82) is 0 Å². The van der Waals surface area contributed by atoms with Gasteiger partial charge in [0.1, 0.15) is 6.04 Å². The number of piperazine rings is 1. The minimum Gasteiger partial charge on any atom is -0.343 e. The lowest BCUT2D eigenvalue weighted by Gasteiger charge is -2.38. The van der Waals surface area contributed by atoms with Crippen LogP contribution < -0.4 is 5.32 Å². The predicted molar refractivity (Wildman–Crippen MR) is 70.0 cm³/mol. The van der Waals surface area contributed by atoms with Crippen LogP contribution in [0, 0.1) is 5.92 Å². The summed E-state index contributed by atoms with van der Waals surface area (Å²) >= 11 is 0. The molecule has 0 radical (unpaired) electrons. The Kier molecular flexibility index (Phi) is 4.25. The summed E-state index contributed by atoms with van der Waals surface area (Å²) in [5.74, 6) is 0.705. The van der Waals surface area contributed by atoms with Crippen LogP contribution >= 0.6 is 0 Å². The van der Waals surface area contributed by atoms with Gasteiger partial charge in [-0.3, -0.25) is 9.59 Å². The Morgan fingerprint density at radius 2 is 2.00 bits per heavy atom. The number of carbonyl (C=O) groups excluding carboxylic acids is 2. The highest BCUT2D eigenvalue weighted by Gasteiger charge is 2.37. The number of carbonyl (C=O) groups is 2. The van der Waals surface area contributed by atoms with E-state index in [2.05, 4.69) is 12.2 Å². The van der Waals surface area contributed by atoms with Crippen molar-refractivity contribution < 1.29 is 9.59 Å². The maximum Gasteiger partial charge on any atom is 0.245 e. The van der Waals surface area contributed by atoms with Crippen LogP contribution in [0.5, 0.6) is 0 Å². The molecule has 18 heavy (non-hydrogen) atoms. The highest BCUT2D eigenvalue weighted by atomic mass is 16.2. The third kappa shape index (κ3) is 2.68. The van der Waals surface area contributed by atoms with Gasteiger partial charge in [0.2, 0.25) is 11.8 Å². The molecule has 2 fully saturated rings. The summed E-state index contributed by atoms with van der Waals surface area (Å²) in [6, 6.07) is -0.0782. The van der Waals surface area contributed by atoms with E-state index in [1.54, 1.807) is 0 Å². The van der Waals surface area contributed by atoms with Crippen LogP contribution in [0.1, 0.15) is 52.4 Å². The maximum absolute atomic E-state index is 12.4.